The zero-order valence-corrected chi connectivity index (χ0v) is 8.59. The normalized spacial score (nSPS) is 19.2. The molecule has 0 radical (unpaired) electrons. The lowest BCUT2D eigenvalue weighted by atomic mass is 10.7. The molecule has 1 aromatic heterocycles. The van der Waals surface area contributed by atoms with Crippen LogP contribution in [0.2, 0.25) is 0 Å². The van der Waals surface area contributed by atoms with Crippen LogP contribution in [0.4, 0.5) is 0 Å². The number of thiophene rings is 1. The number of hydrogen-bond donors (Lipinski definition) is 1. The lowest BCUT2D eigenvalue weighted by Crippen LogP contribution is -2.15. The molecule has 1 heterocycles. The van der Waals surface area contributed by atoms with Crippen LogP contribution in [0.25, 0.3) is 0 Å². The van der Waals surface area contributed by atoms with Gasteiger partial charge in [0.15, 0.2) is 0 Å². The van der Waals surface area contributed by atoms with E-state index in [1.807, 2.05) is 13.1 Å². The van der Waals surface area contributed by atoms with Gasteiger partial charge in [0, 0.05) is 6.26 Å². The highest BCUT2D eigenvalue weighted by Crippen LogP contribution is 2.50. The summed E-state index contributed by atoms with van der Waals surface area (Å²) in [5.74, 6) is 0. The fourth-order valence-electron chi connectivity index (χ4n) is 0.751. The molecule has 0 fully saturated rings. The van der Waals surface area contributed by atoms with Crippen molar-refractivity contribution in [1.29, 1.82) is 0 Å². The van der Waals surface area contributed by atoms with E-state index in [9.17, 15) is 0 Å². The lowest BCUT2D eigenvalue weighted by molar-refractivity contribution is 0.463. The molecule has 1 atom stereocenters. The molecule has 0 spiro atoms. The van der Waals surface area contributed by atoms with E-state index in [1.165, 1.54) is 4.21 Å². The maximum atomic E-state index is 5.41. The Hall–Kier alpha value is -0.0300. The third-order valence-corrected chi connectivity index (χ3v) is 5.86. The van der Waals surface area contributed by atoms with Crippen LogP contribution in [-0.4, -0.2) is 20.4 Å². The predicted molar refractivity (Wildman–Crippen MR) is 52.2 cm³/mol. The molecule has 0 aromatic carbocycles. The summed E-state index contributed by atoms with van der Waals surface area (Å²) < 4.78 is 9.90. The molecule has 0 aliphatic rings. The Bertz CT molecular complexity index is 206. The van der Waals surface area contributed by atoms with Gasteiger partial charge in [-0.15, -0.1) is 11.3 Å². The van der Waals surface area contributed by atoms with Gasteiger partial charge in [-0.25, -0.2) is 0 Å². The summed E-state index contributed by atoms with van der Waals surface area (Å²) in [5, 5.41) is 2.07. The molecule has 2 nitrogen and oxygen atoms in total. The van der Waals surface area contributed by atoms with Crippen molar-refractivity contribution in [1.82, 2.24) is 4.72 Å². The largest absolute Gasteiger partial charge is 0.322 e. The van der Waals surface area contributed by atoms with Gasteiger partial charge in [-0.3, -0.25) is 4.72 Å². The Balaban J connectivity index is 2.87. The van der Waals surface area contributed by atoms with Gasteiger partial charge in [-0.05, 0) is 29.0 Å². The van der Waals surface area contributed by atoms with E-state index in [0.29, 0.717) is 0 Å². The molecule has 1 aromatic rings. The Labute approximate surface area is 73.2 Å². The molecule has 0 saturated heterocycles. The minimum absolute atomic E-state index is 1.18. The molecule has 1 rings (SSSR count). The zero-order valence-electron chi connectivity index (χ0n) is 6.96. The summed E-state index contributed by atoms with van der Waals surface area (Å²) >= 11 is 1.73. The molecule has 0 saturated carbocycles. The Morgan fingerprint density at radius 1 is 1.64 bits per heavy atom. The predicted octanol–water partition coefficient (Wildman–Crippen LogP) is 2.24. The third-order valence-electron chi connectivity index (χ3n) is 1.60. The number of nitrogens with one attached hydrogen (secondary N) is 1. The van der Waals surface area contributed by atoms with Gasteiger partial charge in [0.2, 0.25) is 0 Å². The summed E-state index contributed by atoms with van der Waals surface area (Å²) in [7, 11) is 2.49. The van der Waals surface area contributed by atoms with Crippen LogP contribution in [-0.2, 0) is 4.18 Å². The van der Waals surface area contributed by atoms with Gasteiger partial charge >= 0.3 is 0 Å². The van der Waals surface area contributed by atoms with Crippen LogP contribution in [0, 0.1) is 0 Å². The van der Waals surface area contributed by atoms with Crippen molar-refractivity contribution in [3.8, 4) is 0 Å². The Morgan fingerprint density at radius 2 is 2.36 bits per heavy atom. The van der Waals surface area contributed by atoms with E-state index in [4.69, 9.17) is 4.18 Å². The van der Waals surface area contributed by atoms with Crippen LogP contribution in [0.1, 0.15) is 0 Å². The smallest absolute Gasteiger partial charge is 0.0780 e. The van der Waals surface area contributed by atoms with Gasteiger partial charge in [-0.1, -0.05) is 6.07 Å². The van der Waals surface area contributed by atoms with E-state index in [1.54, 1.807) is 18.4 Å². The second kappa shape index (κ2) is 3.58. The standard InChI is InChI=1S/C7H13NOS2/c1-8-11(3,9-2)7-5-4-6-10-7/h4-6,8H,1-3H3. The van der Waals surface area contributed by atoms with Crippen LogP contribution in [0.5, 0.6) is 0 Å². The molecule has 1 N–H and O–H groups in total. The van der Waals surface area contributed by atoms with Gasteiger partial charge in [0.25, 0.3) is 0 Å². The molecular weight excluding hydrogens is 178 g/mol. The first-order valence-electron chi connectivity index (χ1n) is 3.29. The second-order valence-corrected chi connectivity index (χ2v) is 6.22. The van der Waals surface area contributed by atoms with E-state index < -0.39 is 10.5 Å². The summed E-state index contributed by atoms with van der Waals surface area (Å²) in [4.78, 5) is 0. The fraction of sp³-hybridized carbons (Fsp3) is 0.429. The lowest BCUT2D eigenvalue weighted by Gasteiger charge is -2.31. The molecule has 1 unspecified atom stereocenters. The van der Waals surface area contributed by atoms with Crippen molar-refractivity contribution in [3.05, 3.63) is 17.5 Å². The van der Waals surface area contributed by atoms with Crippen LogP contribution in [0.3, 0.4) is 0 Å². The summed E-state index contributed by atoms with van der Waals surface area (Å²) in [5.41, 5.74) is 0. The van der Waals surface area contributed by atoms with Crippen molar-refractivity contribution in [2.24, 2.45) is 0 Å². The molecule has 0 amide bonds. The minimum atomic E-state index is -1.18. The summed E-state index contributed by atoms with van der Waals surface area (Å²) in [6.07, 6.45) is 2.10. The quantitative estimate of drug-likeness (QED) is 0.791. The maximum absolute atomic E-state index is 5.41. The summed E-state index contributed by atoms with van der Waals surface area (Å²) in [6, 6.07) is 4.14. The SMILES string of the molecule is CNS(C)(OC)c1cccs1. The monoisotopic (exact) mass is 191 g/mol. The molecule has 4 heteroatoms. The van der Waals surface area contributed by atoms with E-state index in [2.05, 4.69) is 22.4 Å². The van der Waals surface area contributed by atoms with Crippen molar-refractivity contribution in [3.63, 3.8) is 0 Å². The zero-order chi connectivity index (χ0) is 8.32. The minimum Gasteiger partial charge on any atom is -0.322 e. The Kier molecular flexibility index (Phi) is 2.95. The number of hydrogen-bond acceptors (Lipinski definition) is 3. The molecular formula is C7H13NOS2. The topological polar surface area (TPSA) is 21.3 Å². The van der Waals surface area contributed by atoms with Gasteiger partial charge in [-0.2, -0.15) is 0 Å². The first-order valence-corrected chi connectivity index (χ1v) is 6.13. The van der Waals surface area contributed by atoms with Gasteiger partial charge in [0.1, 0.15) is 0 Å². The molecule has 0 aliphatic carbocycles. The van der Waals surface area contributed by atoms with Crippen molar-refractivity contribution in [2.75, 3.05) is 20.4 Å². The first-order chi connectivity index (χ1) is 5.23. The van der Waals surface area contributed by atoms with E-state index >= 15 is 0 Å². The van der Waals surface area contributed by atoms with Crippen molar-refractivity contribution >= 4 is 21.8 Å². The first kappa shape index (κ1) is 9.06. The van der Waals surface area contributed by atoms with Gasteiger partial charge < -0.3 is 4.18 Å². The van der Waals surface area contributed by atoms with Crippen LogP contribution < -0.4 is 4.72 Å². The highest BCUT2D eigenvalue weighted by Gasteiger charge is 2.17. The number of rotatable bonds is 3. The molecule has 64 valence electrons. The van der Waals surface area contributed by atoms with Crippen molar-refractivity contribution in [2.45, 2.75) is 4.21 Å². The highest BCUT2D eigenvalue weighted by molar-refractivity contribution is 8.28. The summed E-state index contributed by atoms with van der Waals surface area (Å²) in [6.45, 7) is 0. The third kappa shape index (κ3) is 1.76. The fourth-order valence-corrected chi connectivity index (χ4v) is 3.43. The maximum Gasteiger partial charge on any atom is 0.0780 e. The molecule has 0 bridgehead atoms. The van der Waals surface area contributed by atoms with Crippen LogP contribution >= 0.6 is 21.8 Å². The average Bonchev–Trinajstić information content (AvgIpc) is 2.55. The molecule has 11 heavy (non-hydrogen) atoms. The van der Waals surface area contributed by atoms with Crippen LogP contribution in [0.15, 0.2) is 21.7 Å². The average molecular weight is 191 g/mol. The van der Waals surface area contributed by atoms with Crippen molar-refractivity contribution < 1.29 is 4.18 Å². The van der Waals surface area contributed by atoms with E-state index in [0.717, 1.165) is 0 Å². The van der Waals surface area contributed by atoms with E-state index in [-0.39, 0.29) is 0 Å². The Morgan fingerprint density at radius 3 is 2.73 bits per heavy atom. The second-order valence-electron chi connectivity index (χ2n) is 2.15. The van der Waals surface area contributed by atoms with Gasteiger partial charge in [0.05, 0.1) is 11.3 Å². The molecule has 0 aliphatic heterocycles. The highest BCUT2D eigenvalue weighted by atomic mass is 32.3.